The maximum absolute atomic E-state index is 12.2. The Hall–Kier alpha value is -1.36. The lowest BCUT2D eigenvalue weighted by atomic mass is 10.2. The summed E-state index contributed by atoms with van der Waals surface area (Å²) in [6.07, 6.45) is 0. The molecule has 0 amide bonds. The lowest BCUT2D eigenvalue weighted by Gasteiger charge is -2.12. The largest absolute Gasteiger partial charge is 0.492 e. The summed E-state index contributed by atoms with van der Waals surface area (Å²) < 4.78 is 57.3. The van der Waals surface area contributed by atoms with Crippen molar-refractivity contribution in [3.8, 4) is 5.75 Å². The summed E-state index contributed by atoms with van der Waals surface area (Å²) in [7, 11) is -4.27. The van der Waals surface area contributed by atoms with Crippen LogP contribution < -0.4 is 9.46 Å². The monoisotopic (exact) mass is 466 g/mol. The Bertz CT molecular complexity index is 1000. The molecule has 0 bridgehead atoms. The molecule has 0 radical (unpaired) electrons. The zero-order valence-corrected chi connectivity index (χ0v) is 18.4. The highest BCUT2D eigenvalue weighted by Crippen LogP contribution is 2.25. The Morgan fingerprint density at radius 2 is 1.54 bits per heavy atom. The highest BCUT2D eigenvalue weighted by Gasteiger charge is 2.17. The second-order valence-electron chi connectivity index (χ2n) is 5.96. The van der Waals surface area contributed by atoms with Crippen LogP contribution in [-0.2, 0) is 25.8 Å². The molecule has 0 aliphatic rings. The van der Waals surface area contributed by atoms with Crippen LogP contribution in [0.15, 0.2) is 47.4 Å². The predicted octanol–water partition coefficient (Wildman–Crippen LogP) is 2.74. The van der Waals surface area contributed by atoms with Gasteiger partial charge in [-0.15, -0.1) is 0 Å². The first-order valence-electron chi connectivity index (χ1n) is 8.08. The highest BCUT2D eigenvalue weighted by molar-refractivity contribution is 7.89. The van der Waals surface area contributed by atoms with Gasteiger partial charge in [0.15, 0.2) is 0 Å². The molecule has 7 nitrogen and oxygen atoms in total. The average Bonchev–Trinajstić information content (AvgIpc) is 2.62. The quantitative estimate of drug-likeness (QED) is 0.573. The van der Waals surface area contributed by atoms with E-state index in [2.05, 4.69) is 4.72 Å². The third-order valence-corrected chi connectivity index (χ3v) is 7.54. The molecular weight excluding hydrogens is 447 g/mol. The molecule has 0 aliphatic carbocycles. The number of hydrogen-bond acceptors (Lipinski definition) is 5. The molecule has 1 N–H and O–H groups in total. The summed E-state index contributed by atoms with van der Waals surface area (Å²) in [6.45, 7) is 0.0947. The number of hydrogen-bond donors (Lipinski definition) is 1. The number of nitrogens with one attached hydrogen (secondary N) is 1. The van der Waals surface area contributed by atoms with Crippen molar-refractivity contribution >= 4 is 43.2 Å². The van der Waals surface area contributed by atoms with Crippen LogP contribution in [0.25, 0.3) is 0 Å². The van der Waals surface area contributed by atoms with Gasteiger partial charge in [0.2, 0.25) is 20.0 Å². The fraction of sp³-hybridized carbons (Fsp3) is 0.294. The number of sulfonamides is 2. The van der Waals surface area contributed by atoms with Crippen molar-refractivity contribution in [3.63, 3.8) is 0 Å². The second-order valence-corrected chi connectivity index (χ2v) is 10.7. The molecule has 0 saturated carbocycles. The zero-order chi connectivity index (χ0) is 20.9. The van der Waals surface area contributed by atoms with Gasteiger partial charge in [-0.05, 0) is 36.4 Å². The van der Waals surface area contributed by atoms with Gasteiger partial charge in [-0.3, -0.25) is 0 Å². The van der Waals surface area contributed by atoms with E-state index in [4.69, 9.17) is 27.9 Å². The van der Waals surface area contributed by atoms with Crippen LogP contribution in [-0.4, -0.2) is 48.4 Å². The molecule has 0 heterocycles. The minimum atomic E-state index is -3.65. The van der Waals surface area contributed by atoms with Crippen molar-refractivity contribution in [1.29, 1.82) is 0 Å². The van der Waals surface area contributed by atoms with Crippen molar-refractivity contribution in [1.82, 2.24) is 9.03 Å². The van der Waals surface area contributed by atoms with Gasteiger partial charge < -0.3 is 4.74 Å². The third kappa shape index (κ3) is 6.07. The third-order valence-electron chi connectivity index (χ3n) is 3.69. The molecule has 154 valence electrons. The highest BCUT2D eigenvalue weighted by atomic mass is 35.5. The van der Waals surface area contributed by atoms with E-state index < -0.39 is 20.0 Å². The van der Waals surface area contributed by atoms with Crippen LogP contribution in [0, 0.1) is 0 Å². The van der Waals surface area contributed by atoms with Crippen molar-refractivity contribution in [2.45, 2.75) is 10.6 Å². The van der Waals surface area contributed by atoms with E-state index in [9.17, 15) is 16.8 Å². The molecule has 0 unspecified atom stereocenters. The molecule has 0 spiro atoms. The van der Waals surface area contributed by atoms with Crippen molar-refractivity contribution in [2.24, 2.45) is 0 Å². The molecule has 0 aromatic heterocycles. The van der Waals surface area contributed by atoms with Crippen LogP contribution in [0.5, 0.6) is 5.75 Å². The first-order chi connectivity index (χ1) is 13.0. The van der Waals surface area contributed by atoms with Crippen molar-refractivity contribution < 1.29 is 21.6 Å². The fourth-order valence-corrected chi connectivity index (χ4v) is 4.97. The average molecular weight is 467 g/mol. The summed E-state index contributed by atoms with van der Waals surface area (Å²) in [6, 6.07) is 10.6. The van der Waals surface area contributed by atoms with Gasteiger partial charge in [0.1, 0.15) is 12.4 Å². The number of benzene rings is 2. The van der Waals surface area contributed by atoms with Gasteiger partial charge >= 0.3 is 0 Å². The molecule has 2 rings (SSSR count). The maximum atomic E-state index is 12.2. The Kier molecular flexibility index (Phi) is 7.72. The number of ether oxygens (including phenoxy) is 1. The Morgan fingerprint density at radius 1 is 0.964 bits per heavy atom. The lowest BCUT2D eigenvalue weighted by Crippen LogP contribution is -2.29. The number of nitrogens with zero attached hydrogens (tertiary/aromatic N) is 1. The van der Waals surface area contributed by atoms with E-state index in [1.807, 2.05) is 0 Å². The molecule has 0 aliphatic heterocycles. The fourth-order valence-electron chi connectivity index (χ4n) is 2.20. The Morgan fingerprint density at radius 3 is 2.07 bits per heavy atom. The molecule has 0 atom stereocenters. The van der Waals surface area contributed by atoms with E-state index in [1.165, 1.54) is 38.4 Å². The molecule has 0 saturated heterocycles. The summed E-state index contributed by atoms with van der Waals surface area (Å²) in [5.41, 5.74) is 0.331. The molecule has 0 fully saturated rings. The van der Waals surface area contributed by atoms with Gasteiger partial charge in [0.25, 0.3) is 0 Å². The van der Waals surface area contributed by atoms with Crippen LogP contribution in [0.2, 0.25) is 10.0 Å². The summed E-state index contributed by atoms with van der Waals surface area (Å²) in [4.78, 5) is 0.141. The van der Waals surface area contributed by atoms with E-state index in [1.54, 1.807) is 18.2 Å². The topological polar surface area (TPSA) is 92.8 Å². The van der Waals surface area contributed by atoms with E-state index in [0.717, 1.165) is 4.31 Å². The minimum Gasteiger partial charge on any atom is -0.492 e. The van der Waals surface area contributed by atoms with Gasteiger partial charge in [-0.1, -0.05) is 29.3 Å². The van der Waals surface area contributed by atoms with E-state index in [-0.39, 0.29) is 33.8 Å². The molecule has 2 aromatic carbocycles. The SMILES string of the molecule is CN(C)S(=O)(=O)c1ccc(OCCNS(=O)(=O)Cc2c(Cl)cccc2Cl)cc1. The summed E-state index contributed by atoms with van der Waals surface area (Å²) in [5.74, 6) is 0.0776. The van der Waals surface area contributed by atoms with E-state index >= 15 is 0 Å². The van der Waals surface area contributed by atoms with Gasteiger partial charge in [0, 0.05) is 36.2 Å². The minimum absolute atomic E-state index is 0.0299. The van der Waals surface area contributed by atoms with Crippen molar-refractivity contribution in [2.75, 3.05) is 27.2 Å². The molecule has 28 heavy (non-hydrogen) atoms. The van der Waals surface area contributed by atoms with Crippen LogP contribution in [0.3, 0.4) is 0 Å². The Balaban J connectivity index is 1.88. The smallest absolute Gasteiger partial charge is 0.242 e. The first kappa shape index (κ1) is 22.9. The zero-order valence-electron chi connectivity index (χ0n) is 15.2. The predicted molar refractivity (Wildman–Crippen MR) is 110 cm³/mol. The molecular formula is C17H20Cl2N2O5S2. The number of halogens is 2. The standard InChI is InChI=1S/C17H20Cl2N2O5S2/c1-21(2)28(24,25)14-8-6-13(7-9-14)26-11-10-20-27(22,23)12-15-16(18)4-3-5-17(15)19/h3-9,20H,10-12H2,1-2H3. The second kappa shape index (κ2) is 9.43. The van der Waals surface area contributed by atoms with Crippen LogP contribution in [0.4, 0.5) is 0 Å². The molecule has 2 aromatic rings. The lowest BCUT2D eigenvalue weighted by molar-refractivity contribution is 0.322. The van der Waals surface area contributed by atoms with Crippen molar-refractivity contribution in [3.05, 3.63) is 58.1 Å². The summed E-state index contributed by atoms with van der Waals surface area (Å²) in [5, 5.41) is 0.559. The maximum Gasteiger partial charge on any atom is 0.242 e. The van der Waals surface area contributed by atoms with Gasteiger partial charge in [-0.25, -0.2) is 25.9 Å². The number of rotatable bonds is 9. The van der Waals surface area contributed by atoms with Gasteiger partial charge in [-0.2, -0.15) is 0 Å². The summed E-state index contributed by atoms with van der Waals surface area (Å²) >= 11 is 12.0. The van der Waals surface area contributed by atoms with E-state index in [0.29, 0.717) is 11.3 Å². The van der Waals surface area contributed by atoms with Gasteiger partial charge in [0.05, 0.1) is 10.6 Å². The van der Waals surface area contributed by atoms with Crippen LogP contribution in [0.1, 0.15) is 5.56 Å². The Labute approximate surface area is 175 Å². The molecule has 11 heteroatoms. The first-order valence-corrected chi connectivity index (χ1v) is 11.9. The normalized spacial score (nSPS) is 12.3. The van der Waals surface area contributed by atoms with Crippen LogP contribution >= 0.6 is 23.2 Å².